The molecule has 19 heavy (non-hydrogen) atoms. The van der Waals surface area contributed by atoms with Crippen LogP contribution in [0.25, 0.3) is 0 Å². The Hall–Kier alpha value is -0.830. The lowest BCUT2D eigenvalue weighted by Gasteiger charge is -2.20. The van der Waals surface area contributed by atoms with Gasteiger partial charge in [0.2, 0.25) is 5.91 Å². The van der Waals surface area contributed by atoms with Crippen LogP contribution >= 0.6 is 0 Å². The Morgan fingerprint density at radius 3 is 2.05 bits per heavy atom. The summed E-state index contributed by atoms with van der Waals surface area (Å²) in [5, 5.41) is 0. The lowest BCUT2D eigenvalue weighted by molar-refractivity contribution is -0.126. The van der Waals surface area contributed by atoms with Gasteiger partial charge in [-0.1, -0.05) is 58.4 Å². The maximum Gasteiger partial charge on any atom is 0.245 e. The average molecular weight is 268 g/mol. The second kappa shape index (κ2) is 13.6. The third-order valence-corrected chi connectivity index (χ3v) is 3.40. The second-order valence-corrected chi connectivity index (χ2v) is 5.15. The summed E-state index contributed by atoms with van der Waals surface area (Å²) in [6, 6.07) is 0. The zero-order valence-corrected chi connectivity index (χ0v) is 12.7. The summed E-state index contributed by atoms with van der Waals surface area (Å²) in [6.07, 6.45) is 12.6. The summed E-state index contributed by atoms with van der Waals surface area (Å²) < 4.78 is 0. The maximum absolute atomic E-state index is 11.6. The van der Waals surface area contributed by atoms with Crippen LogP contribution in [-0.2, 0) is 4.79 Å². The molecule has 1 amide bonds. The Kier molecular flexibility index (Phi) is 13.0. The number of rotatable bonds is 13. The molecule has 0 fully saturated rings. The summed E-state index contributed by atoms with van der Waals surface area (Å²) >= 11 is 0. The molecule has 0 aromatic rings. The van der Waals surface area contributed by atoms with Gasteiger partial charge in [-0.2, -0.15) is 0 Å². The lowest BCUT2D eigenvalue weighted by Crippen LogP contribution is -2.32. The van der Waals surface area contributed by atoms with Gasteiger partial charge in [-0.05, 0) is 25.5 Å². The fourth-order valence-corrected chi connectivity index (χ4v) is 2.18. The van der Waals surface area contributed by atoms with Crippen LogP contribution in [0.3, 0.4) is 0 Å². The normalized spacial score (nSPS) is 10.4. The molecule has 2 N–H and O–H groups in total. The number of carbonyl (C=O) groups is 1. The molecular formula is C16H32N2O. The number of nitrogens with two attached hydrogens (primary N) is 1. The Bertz CT molecular complexity index is 229. The Balaban J connectivity index is 3.57. The van der Waals surface area contributed by atoms with Crippen molar-refractivity contribution >= 4 is 5.91 Å². The van der Waals surface area contributed by atoms with Crippen molar-refractivity contribution in [1.29, 1.82) is 0 Å². The SMILES string of the molecule is C=CC(=O)N(CCCN)CCCCCCCCCC. The highest BCUT2D eigenvalue weighted by atomic mass is 16.2. The van der Waals surface area contributed by atoms with Crippen LogP contribution in [0.4, 0.5) is 0 Å². The second-order valence-electron chi connectivity index (χ2n) is 5.15. The molecule has 0 saturated carbocycles. The summed E-state index contributed by atoms with van der Waals surface area (Å²) in [4.78, 5) is 13.5. The molecule has 0 saturated heterocycles. The number of nitrogens with zero attached hydrogens (tertiary/aromatic N) is 1. The summed E-state index contributed by atoms with van der Waals surface area (Å²) in [5.41, 5.74) is 5.49. The van der Waals surface area contributed by atoms with Crippen LogP contribution in [-0.4, -0.2) is 30.4 Å². The minimum absolute atomic E-state index is 0.0383. The molecule has 0 aliphatic carbocycles. The van der Waals surface area contributed by atoms with Crippen molar-refractivity contribution in [3.8, 4) is 0 Å². The molecule has 0 unspecified atom stereocenters. The lowest BCUT2D eigenvalue weighted by atomic mass is 10.1. The molecule has 0 bridgehead atoms. The fourth-order valence-electron chi connectivity index (χ4n) is 2.18. The van der Waals surface area contributed by atoms with Gasteiger partial charge in [0.1, 0.15) is 0 Å². The molecule has 3 heteroatoms. The first-order valence-electron chi connectivity index (χ1n) is 7.87. The molecular weight excluding hydrogens is 236 g/mol. The van der Waals surface area contributed by atoms with Crippen molar-refractivity contribution < 1.29 is 4.79 Å². The molecule has 0 atom stereocenters. The summed E-state index contributed by atoms with van der Waals surface area (Å²) in [6.45, 7) is 8.04. The van der Waals surface area contributed by atoms with Crippen molar-refractivity contribution in [2.24, 2.45) is 5.73 Å². The molecule has 0 aromatic heterocycles. The van der Waals surface area contributed by atoms with Crippen LogP contribution in [0.1, 0.15) is 64.7 Å². The average Bonchev–Trinajstić information content (AvgIpc) is 2.44. The minimum Gasteiger partial charge on any atom is -0.339 e. The third kappa shape index (κ3) is 10.8. The summed E-state index contributed by atoms with van der Waals surface area (Å²) in [7, 11) is 0. The van der Waals surface area contributed by atoms with E-state index in [-0.39, 0.29) is 5.91 Å². The van der Waals surface area contributed by atoms with Crippen molar-refractivity contribution in [2.45, 2.75) is 64.7 Å². The predicted molar refractivity (Wildman–Crippen MR) is 83.1 cm³/mol. The Morgan fingerprint density at radius 2 is 1.53 bits per heavy atom. The first-order valence-corrected chi connectivity index (χ1v) is 7.87. The maximum atomic E-state index is 11.6. The zero-order valence-electron chi connectivity index (χ0n) is 12.7. The highest BCUT2D eigenvalue weighted by Gasteiger charge is 2.08. The smallest absolute Gasteiger partial charge is 0.245 e. The van der Waals surface area contributed by atoms with E-state index >= 15 is 0 Å². The predicted octanol–water partition coefficient (Wildman–Crippen LogP) is 3.49. The minimum atomic E-state index is 0.0383. The fraction of sp³-hybridized carbons (Fsp3) is 0.812. The molecule has 0 aliphatic heterocycles. The van der Waals surface area contributed by atoms with Crippen molar-refractivity contribution in [1.82, 2.24) is 4.90 Å². The number of unbranched alkanes of at least 4 members (excludes halogenated alkanes) is 7. The van der Waals surface area contributed by atoms with E-state index in [9.17, 15) is 4.79 Å². The summed E-state index contributed by atoms with van der Waals surface area (Å²) in [5.74, 6) is 0.0383. The molecule has 0 radical (unpaired) electrons. The Labute approximate surface area is 119 Å². The van der Waals surface area contributed by atoms with E-state index in [0.717, 1.165) is 25.9 Å². The van der Waals surface area contributed by atoms with Gasteiger partial charge in [0, 0.05) is 13.1 Å². The van der Waals surface area contributed by atoms with Crippen molar-refractivity contribution in [3.05, 3.63) is 12.7 Å². The van der Waals surface area contributed by atoms with Gasteiger partial charge in [0.15, 0.2) is 0 Å². The van der Waals surface area contributed by atoms with E-state index in [1.54, 1.807) is 0 Å². The van der Waals surface area contributed by atoms with Crippen molar-refractivity contribution in [3.63, 3.8) is 0 Å². The monoisotopic (exact) mass is 268 g/mol. The number of hydrogen-bond donors (Lipinski definition) is 1. The van der Waals surface area contributed by atoms with E-state index in [2.05, 4.69) is 13.5 Å². The van der Waals surface area contributed by atoms with Crippen molar-refractivity contribution in [2.75, 3.05) is 19.6 Å². The molecule has 0 aliphatic rings. The van der Waals surface area contributed by atoms with Gasteiger partial charge < -0.3 is 10.6 Å². The number of carbonyl (C=O) groups excluding carboxylic acids is 1. The van der Waals surface area contributed by atoms with E-state index < -0.39 is 0 Å². The number of amides is 1. The topological polar surface area (TPSA) is 46.3 Å². The first-order chi connectivity index (χ1) is 9.26. The molecule has 112 valence electrons. The quantitative estimate of drug-likeness (QED) is 0.410. The van der Waals surface area contributed by atoms with E-state index in [0.29, 0.717) is 6.54 Å². The van der Waals surface area contributed by atoms with Crippen LogP contribution in [0.15, 0.2) is 12.7 Å². The molecule has 3 nitrogen and oxygen atoms in total. The third-order valence-electron chi connectivity index (χ3n) is 3.40. The van der Waals surface area contributed by atoms with Crippen LogP contribution in [0, 0.1) is 0 Å². The van der Waals surface area contributed by atoms with Gasteiger partial charge in [-0.3, -0.25) is 4.79 Å². The first kappa shape index (κ1) is 18.2. The van der Waals surface area contributed by atoms with E-state index in [1.807, 2.05) is 4.90 Å². The van der Waals surface area contributed by atoms with E-state index in [4.69, 9.17) is 5.73 Å². The highest BCUT2D eigenvalue weighted by Crippen LogP contribution is 2.09. The van der Waals surface area contributed by atoms with E-state index in [1.165, 1.54) is 51.0 Å². The van der Waals surface area contributed by atoms with Gasteiger partial charge in [-0.25, -0.2) is 0 Å². The van der Waals surface area contributed by atoms with Gasteiger partial charge in [0.25, 0.3) is 0 Å². The Morgan fingerprint density at radius 1 is 1.00 bits per heavy atom. The molecule has 0 heterocycles. The molecule has 0 rings (SSSR count). The van der Waals surface area contributed by atoms with Gasteiger partial charge in [0.05, 0.1) is 0 Å². The van der Waals surface area contributed by atoms with Gasteiger partial charge in [-0.15, -0.1) is 0 Å². The number of hydrogen-bond acceptors (Lipinski definition) is 2. The van der Waals surface area contributed by atoms with Crippen LogP contribution < -0.4 is 5.73 Å². The molecule has 0 spiro atoms. The molecule has 0 aromatic carbocycles. The van der Waals surface area contributed by atoms with Gasteiger partial charge >= 0.3 is 0 Å². The highest BCUT2D eigenvalue weighted by molar-refractivity contribution is 5.86. The largest absolute Gasteiger partial charge is 0.339 e. The van der Waals surface area contributed by atoms with Crippen LogP contribution in [0.5, 0.6) is 0 Å². The standard InChI is InChI=1S/C16H32N2O/c1-3-5-6-7-8-9-10-11-14-18(15-12-13-17)16(19)4-2/h4H,2-3,5-15,17H2,1H3. The zero-order chi connectivity index (χ0) is 14.3. The van der Waals surface area contributed by atoms with Crippen LogP contribution in [0.2, 0.25) is 0 Å².